The molecule has 0 spiro atoms. The Morgan fingerprint density at radius 2 is 2.37 bits per heavy atom. The maximum absolute atomic E-state index is 9.77. The van der Waals surface area contributed by atoms with Gasteiger partial charge in [-0.05, 0) is 0 Å². The van der Waals surface area contributed by atoms with E-state index in [0.717, 1.165) is 0 Å². The third-order valence-corrected chi connectivity index (χ3v) is 3.55. The zero-order valence-corrected chi connectivity index (χ0v) is 10.6. The quantitative estimate of drug-likeness (QED) is 0.529. The number of nitrogens with zero attached hydrogens (tertiary/aromatic N) is 4. The van der Waals surface area contributed by atoms with Gasteiger partial charge >= 0.3 is 0 Å². The van der Waals surface area contributed by atoms with Gasteiger partial charge in [0.15, 0.2) is 5.49 Å². The molecule has 0 aromatic carbocycles. The Labute approximate surface area is 109 Å². The lowest BCUT2D eigenvalue weighted by Gasteiger charge is -2.19. The number of hydrogen-bond acceptors (Lipinski definition) is 7. The molecule has 1 fully saturated rings. The van der Waals surface area contributed by atoms with Crippen molar-refractivity contribution in [2.45, 2.75) is 24.9 Å². The van der Waals surface area contributed by atoms with E-state index in [1.165, 1.54) is 0 Å². The molecule has 19 heavy (non-hydrogen) atoms. The molecule has 1 aromatic heterocycles. The Kier molecular flexibility index (Phi) is 2.92. The first kappa shape index (κ1) is 12.4. The van der Waals surface area contributed by atoms with Crippen molar-refractivity contribution in [3.8, 4) is 0 Å². The van der Waals surface area contributed by atoms with Gasteiger partial charge < -0.3 is 25.6 Å². The van der Waals surface area contributed by atoms with Crippen LogP contribution < -0.4 is 16.6 Å². The van der Waals surface area contributed by atoms with Crippen LogP contribution in [-0.4, -0.2) is 57.2 Å². The average Bonchev–Trinajstić information content (AvgIpc) is 2.97. The molecule has 8 heteroatoms. The molecule has 8 nitrogen and oxygen atoms in total. The summed E-state index contributed by atoms with van der Waals surface area (Å²) in [7, 11) is 1.85. The smallest absolute Gasteiger partial charge is 0.162 e. The second-order valence-electron chi connectivity index (χ2n) is 4.82. The molecule has 2 aliphatic heterocycles. The van der Waals surface area contributed by atoms with Crippen LogP contribution in [-0.2, 0) is 4.74 Å². The molecule has 3 heterocycles. The molecule has 0 amide bonds. The Hall–Kier alpha value is -1.64. The number of aromatic nitrogens is 2. The SMILES string of the molecule is CN1CN=c2c(ncn2[C@H]2C[C@H](O)[C@@H](CO)O2)=C1N. The Morgan fingerprint density at radius 1 is 1.58 bits per heavy atom. The average molecular weight is 267 g/mol. The van der Waals surface area contributed by atoms with E-state index < -0.39 is 12.2 Å². The van der Waals surface area contributed by atoms with Gasteiger partial charge in [0.05, 0.1) is 19.0 Å². The highest BCUT2D eigenvalue weighted by Gasteiger charge is 2.35. The Balaban J connectivity index is 2.00. The summed E-state index contributed by atoms with van der Waals surface area (Å²) >= 11 is 0. The fourth-order valence-electron chi connectivity index (χ4n) is 2.38. The van der Waals surface area contributed by atoms with Crippen LogP contribution in [0, 0.1) is 0 Å². The van der Waals surface area contributed by atoms with Crippen LogP contribution in [0.3, 0.4) is 0 Å². The fraction of sp³-hybridized carbons (Fsp3) is 0.636. The van der Waals surface area contributed by atoms with Gasteiger partial charge in [-0.15, -0.1) is 0 Å². The van der Waals surface area contributed by atoms with Crippen LogP contribution in [0.5, 0.6) is 0 Å². The minimum Gasteiger partial charge on any atom is -0.394 e. The first-order valence-corrected chi connectivity index (χ1v) is 6.14. The van der Waals surface area contributed by atoms with Gasteiger partial charge in [-0.25, -0.2) is 9.98 Å². The van der Waals surface area contributed by atoms with Crippen molar-refractivity contribution in [1.82, 2.24) is 14.5 Å². The second kappa shape index (κ2) is 4.48. The van der Waals surface area contributed by atoms with Gasteiger partial charge in [-0.2, -0.15) is 0 Å². The predicted molar refractivity (Wildman–Crippen MR) is 64.9 cm³/mol. The first-order chi connectivity index (χ1) is 9.11. The molecule has 3 atom stereocenters. The van der Waals surface area contributed by atoms with Gasteiger partial charge in [0.25, 0.3) is 0 Å². The number of aliphatic hydroxyl groups is 2. The van der Waals surface area contributed by atoms with Crippen molar-refractivity contribution in [3.05, 3.63) is 17.2 Å². The Bertz CT molecular complexity index is 598. The molecule has 0 bridgehead atoms. The highest BCUT2D eigenvalue weighted by molar-refractivity contribution is 5.35. The number of aliphatic hydroxyl groups excluding tert-OH is 2. The lowest BCUT2D eigenvalue weighted by atomic mass is 10.2. The van der Waals surface area contributed by atoms with E-state index in [2.05, 4.69) is 9.98 Å². The van der Waals surface area contributed by atoms with E-state index in [4.69, 9.17) is 15.6 Å². The number of rotatable bonds is 2. The van der Waals surface area contributed by atoms with Crippen molar-refractivity contribution < 1.29 is 14.9 Å². The van der Waals surface area contributed by atoms with Crippen molar-refractivity contribution in [1.29, 1.82) is 0 Å². The number of imidazole rings is 1. The third kappa shape index (κ3) is 1.88. The summed E-state index contributed by atoms with van der Waals surface area (Å²) in [6, 6.07) is 0. The van der Waals surface area contributed by atoms with E-state index in [-0.39, 0.29) is 12.8 Å². The summed E-state index contributed by atoms with van der Waals surface area (Å²) in [4.78, 5) is 10.5. The Morgan fingerprint density at radius 3 is 3.05 bits per heavy atom. The van der Waals surface area contributed by atoms with Crippen molar-refractivity contribution >= 4 is 5.82 Å². The van der Waals surface area contributed by atoms with Crippen LogP contribution in [0.15, 0.2) is 11.3 Å². The maximum atomic E-state index is 9.77. The van der Waals surface area contributed by atoms with E-state index in [0.29, 0.717) is 29.7 Å². The summed E-state index contributed by atoms with van der Waals surface area (Å²) in [6.45, 7) is 0.256. The van der Waals surface area contributed by atoms with E-state index in [9.17, 15) is 5.11 Å². The number of hydrogen-bond donors (Lipinski definition) is 3. The highest BCUT2D eigenvalue weighted by Crippen LogP contribution is 2.26. The van der Waals surface area contributed by atoms with Crippen LogP contribution >= 0.6 is 0 Å². The molecular weight excluding hydrogens is 250 g/mol. The van der Waals surface area contributed by atoms with Crippen LogP contribution in [0.25, 0.3) is 5.82 Å². The molecule has 0 aliphatic carbocycles. The number of nitrogens with two attached hydrogens (primary N) is 1. The maximum Gasteiger partial charge on any atom is 0.162 e. The monoisotopic (exact) mass is 267 g/mol. The highest BCUT2D eigenvalue weighted by atomic mass is 16.5. The molecule has 1 saturated heterocycles. The van der Waals surface area contributed by atoms with Crippen molar-refractivity contribution in [2.24, 2.45) is 10.7 Å². The summed E-state index contributed by atoms with van der Waals surface area (Å²) in [6.07, 6.45) is 0.399. The summed E-state index contributed by atoms with van der Waals surface area (Å²) < 4.78 is 7.35. The van der Waals surface area contributed by atoms with Crippen molar-refractivity contribution in [3.63, 3.8) is 0 Å². The van der Waals surface area contributed by atoms with E-state index in [1.54, 1.807) is 15.8 Å². The second-order valence-corrected chi connectivity index (χ2v) is 4.82. The molecule has 2 aliphatic rings. The lowest BCUT2D eigenvalue weighted by Crippen LogP contribution is -2.45. The first-order valence-electron chi connectivity index (χ1n) is 6.14. The van der Waals surface area contributed by atoms with Gasteiger partial charge in [-0.3, -0.25) is 4.57 Å². The zero-order chi connectivity index (χ0) is 13.6. The van der Waals surface area contributed by atoms with Gasteiger partial charge in [0.2, 0.25) is 0 Å². The van der Waals surface area contributed by atoms with Crippen LogP contribution in [0.4, 0.5) is 0 Å². The van der Waals surface area contributed by atoms with Gasteiger partial charge in [0.1, 0.15) is 30.2 Å². The molecule has 1 aromatic rings. The standard InChI is InChI=1S/C11H17N5O3/c1-15-4-14-11-9(10(15)12)13-5-16(11)8-2-6(18)7(3-17)19-8/h5-8,17-18H,2-4,12H2,1H3/t6-,7+,8+/m0/s1. The van der Waals surface area contributed by atoms with Crippen LogP contribution in [0.1, 0.15) is 12.6 Å². The largest absolute Gasteiger partial charge is 0.394 e. The molecule has 104 valence electrons. The lowest BCUT2D eigenvalue weighted by molar-refractivity contribution is -0.0456. The third-order valence-electron chi connectivity index (χ3n) is 3.55. The molecule has 3 rings (SSSR count). The molecular formula is C11H17N5O3. The summed E-state index contributed by atoms with van der Waals surface area (Å²) in [5.74, 6) is 0.570. The van der Waals surface area contributed by atoms with Gasteiger partial charge in [-0.1, -0.05) is 0 Å². The zero-order valence-electron chi connectivity index (χ0n) is 10.6. The summed E-state index contributed by atoms with van der Waals surface area (Å²) in [5.41, 5.74) is 6.62. The molecule has 0 unspecified atom stereocenters. The number of ether oxygens (including phenoxy) is 1. The van der Waals surface area contributed by atoms with Gasteiger partial charge in [0, 0.05) is 13.5 Å². The predicted octanol–water partition coefficient (Wildman–Crippen LogP) is -2.93. The number of fused-ring (bicyclic) bond motifs is 1. The molecule has 0 radical (unpaired) electrons. The minimum absolute atomic E-state index is 0.206. The fourth-order valence-corrected chi connectivity index (χ4v) is 2.38. The minimum atomic E-state index is -0.680. The molecule has 4 N–H and O–H groups in total. The van der Waals surface area contributed by atoms with E-state index >= 15 is 0 Å². The summed E-state index contributed by atoms with van der Waals surface area (Å²) in [5, 5.41) is 19.5. The van der Waals surface area contributed by atoms with Crippen LogP contribution in [0.2, 0.25) is 0 Å². The normalized spacial score (nSPS) is 30.4. The van der Waals surface area contributed by atoms with Crippen molar-refractivity contribution in [2.75, 3.05) is 20.3 Å². The molecule has 0 saturated carbocycles. The topological polar surface area (TPSA) is 109 Å². The van der Waals surface area contributed by atoms with E-state index in [1.807, 2.05) is 7.05 Å².